The molecule has 0 radical (unpaired) electrons. The van der Waals surface area contributed by atoms with Crippen molar-refractivity contribution in [3.8, 4) is 5.75 Å². The molecule has 4 nitrogen and oxygen atoms in total. The number of benzene rings is 1. The van der Waals surface area contributed by atoms with E-state index < -0.39 is 11.9 Å². The van der Waals surface area contributed by atoms with Crippen LogP contribution in [0.2, 0.25) is 0 Å². The van der Waals surface area contributed by atoms with Crippen LogP contribution in [0.1, 0.15) is 12.5 Å². The molecule has 1 aromatic rings. The lowest BCUT2D eigenvalue weighted by Crippen LogP contribution is -2.21. The first kappa shape index (κ1) is 13.5. The molecule has 4 heteroatoms. The zero-order valence-electron chi connectivity index (χ0n) is 10.2. The number of para-hydroxylation sites is 1. The lowest BCUT2D eigenvalue weighted by molar-refractivity contribution is -0.143. The fourth-order valence-electron chi connectivity index (χ4n) is 1.65. The molecule has 0 aliphatic heterocycles. The smallest absolute Gasteiger partial charge is 0.309 e. The van der Waals surface area contributed by atoms with Crippen LogP contribution in [0, 0.1) is 5.92 Å². The van der Waals surface area contributed by atoms with E-state index in [1.807, 2.05) is 31.2 Å². The maximum absolute atomic E-state index is 11.0. The third-order valence-electron chi connectivity index (χ3n) is 2.46. The first-order chi connectivity index (χ1) is 8.19. The Hall–Kier alpha value is -1.55. The number of carboxylic acid groups (broad SMARTS) is 1. The third kappa shape index (κ3) is 4.07. The van der Waals surface area contributed by atoms with Crippen LogP contribution in [0.15, 0.2) is 24.3 Å². The molecule has 17 heavy (non-hydrogen) atoms. The molecule has 0 spiro atoms. The van der Waals surface area contributed by atoms with E-state index in [1.54, 1.807) is 0 Å². The van der Waals surface area contributed by atoms with Gasteiger partial charge in [0.1, 0.15) is 5.75 Å². The van der Waals surface area contributed by atoms with Gasteiger partial charge < -0.3 is 14.6 Å². The number of methoxy groups -OCH3 is 1. The number of carbonyl (C=O) groups is 1. The van der Waals surface area contributed by atoms with Crippen molar-refractivity contribution in [3.63, 3.8) is 0 Å². The fraction of sp³-hybridized carbons (Fsp3) is 0.462. The lowest BCUT2D eigenvalue weighted by Gasteiger charge is -2.14. The zero-order chi connectivity index (χ0) is 12.7. The second kappa shape index (κ2) is 6.91. The van der Waals surface area contributed by atoms with Gasteiger partial charge in [0.25, 0.3) is 0 Å². The second-order valence-corrected chi connectivity index (χ2v) is 3.74. The molecular weight excluding hydrogens is 220 g/mol. The fourth-order valence-corrected chi connectivity index (χ4v) is 1.65. The van der Waals surface area contributed by atoms with Gasteiger partial charge in [-0.2, -0.15) is 0 Å². The van der Waals surface area contributed by atoms with Gasteiger partial charge in [-0.05, 0) is 25.0 Å². The van der Waals surface area contributed by atoms with E-state index in [1.165, 1.54) is 7.11 Å². The van der Waals surface area contributed by atoms with E-state index in [9.17, 15) is 4.79 Å². The normalized spacial score (nSPS) is 12.1. The topological polar surface area (TPSA) is 55.8 Å². The zero-order valence-corrected chi connectivity index (χ0v) is 10.2. The molecule has 1 N–H and O–H groups in total. The summed E-state index contributed by atoms with van der Waals surface area (Å²) in [6.07, 6.45) is 0.416. The van der Waals surface area contributed by atoms with Crippen molar-refractivity contribution in [2.75, 3.05) is 20.3 Å². The van der Waals surface area contributed by atoms with Crippen molar-refractivity contribution in [2.45, 2.75) is 13.3 Å². The van der Waals surface area contributed by atoms with Crippen LogP contribution in [0.25, 0.3) is 0 Å². The molecule has 0 heterocycles. The Kier molecular flexibility index (Phi) is 5.49. The number of aliphatic carboxylic acids is 1. The highest BCUT2D eigenvalue weighted by atomic mass is 16.5. The number of hydrogen-bond donors (Lipinski definition) is 1. The predicted octanol–water partition coefficient (Wildman–Crippen LogP) is 1.97. The van der Waals surface area contributed by atoms with Gasteiger partial charge in [-0.25, -0.2) is 0 Å². The van der Waals surface area contributed by atoms with Crippen LogP contribution >= 0.6 is 0 Å². The molecule has 94 valence electrons. The largest absolute Gasteiger partial charge is 0.494 e. The summed E-state index contributed by atoms with van der Waals surface area (Å²) in [7, 11) is 1.50. The Labute approximate surface area is 101 Å². The Morgan fingerprint density at radius 3 is 2.71 bits per heavy atom. The van der Waals surface area contributed by atoms with E-state index in [2.05, 4.69) is 0 Å². The number of carboxylic acids is 1. The van der Waals surface area contributed by atoms with E-state index in [0.29, 0.717) is 13.0 Å². The minimum atomic E-state index is -0.849. The van der Waals surface area contributed by atoms with Crippen LogP contribution < -0.4 is 4.74 Å². The highest BCUT2D eigenvalue weighted by molar-refractivity contribution is 5.70. The average Bonchev–Trinajstić information content (AvgIpc) is 2.31. The summed E-state index contributed by atoms with van der Waals surface area (Å²) in [5.41, 5.74) is 0.902. The first-order valence-electron chi connectivity index (χ1n) is 5.61. The van der Waals surface area contributed by atoms with Crippen molar-refractivity contribution in [1.82, 2.24) is 0 Å². The number of hydrogen-bond acceptors (Lipinski definition) is 3. The molecule has 1 atom stereocenters. The Morgan fingerprint density at radius 1 is 1.41 bits per heavy atom. The van der Waals surface area contributed by atoms with Crippen LogP contribution in [-0.4, -0.2) is 31.4 Å². The third-order valence-corrected chi connectivity index (χ3v) is 2.46. The molecule has 0 fully saturated rings. The summed E-state index contributed by atoms with van der Waals surface area (Å²) >= 11 is 0. The second-order valence-electron chi connectivity index (χ2n) is 3.74. The summed E-state index contributed by atoms with van der Waals surface area (Å²) in [5.74, 6) is -0.642. The maximum Gasteiger partial charge on any atom is 0.309 e. The van der Waals surface area contributed by atoms with Crippen LogP contribution in [-0.2, 0) is 16.0 Å². The summed E-state index contributed by atoms with van der Waals surface area (Å²) < 4.78 is 10.4. The van der Waals surface area contributed by atoms with Gasteiger partial charge in [0.05, 0.1) is 19.1 Å². The van der Waals surface area contributed by atoms with Gasteiger partial charge >= 0.3 is 5.97 Å². The molecule has 1 aromatic carbocycles. The molecule has 0 aliphatic rings. The lowest BCUT2D eigenvalue weighted by atomic mass is 9.99. The molecule has 0 aliphatic carbocycles. The van der Waals surface area contributed by atoms with Gasteiger partial charge in [0, 0.05) is 7.11 Å². The minimum absolute atomic E-state index is 0.204. The Balaban J connectivity index is 2.80. The SMILES string of the molecule is CCOc1ccccc1CC(COC)C(=O)O. The molecule has 0 saturated heterocycles. The van der Waals surface area contributed by atoms with E-state index in [-0.39, 0.29) is 6.61 Å². The summed E-state index contributed by atoms with van der Waals surface area (Å²) in [6, 6.07) is 7.49. The van der Waals surface area contributed by atoms with E-state index in [4.69, 9.17) is 14.6 Å². The van der Waals surface area contributed by atoms with Gasteiger partial charge in [-0.3, -0.25) is 4.79 Å². The summed E-state index contributed by atoms with van der Waals surface area (Å²) in [6.45, 7) is 2.68. The minimum Gasteiger partial charge on any atom is -0.494 e. The highest BCUT2D eigenvalue weighted by Crippen LogP contribution is 2.21. The highest BCUT2D eigenvalue weighted by Gasteiger charge is 2.19. The molecule has 0 amide bonds. The molecule has 0 saturated carbocycles. The van der Waals surface area contributed by atoms with Gasteiger partial charge in [-0.1, -0.05) is 18.2 Å². The Morgan fingerprint density at radius 2 is 2.12 bits per heavy atom. The Bertz CT molecular complexity index is 362. The van der Waals surface area contributed by atoms with Gasteiger partial charge in [0.15, 0.2) is 0 Å². The standard InChI is InChI=1S/C13H18O4/c1-3-17-12-7-5-4-6-10(12)8-11(9-16-2)13(14)15/h4-7,11H,3,8-9H2,1-2H3,(H,14,15). The van der Waals surface area contributed by atoms with E-state index in [0.717, 1.165) is 11.3 Å². The monoisotopic (exact) mass is 238 g/mol. The van der Waals surface area contributed by atoms with Crippen molar-refractivity contribution < 1.29 is 19.4 Å². The molecular formula is C13H18O4. The van der Waals surface area contributed by atoms with Crippen molar-refractivity contribution >= 4 is 5.97 Å². The van der Waals surface area contributed by atoms with Crippen molar-refractivity contribution in [1.29, 1.82) is 0 Å². The van der Waals surface area contributed by atoms with Crippen LogP contribution in [0.5, 0.6) is 5.75 Å². The maximum atomic E-state index is 11.0. The summed E-state index contributed by atoms with van der Waals surface area (Å²) in [5, 5.41) is 9.07. The quantitative estimate of drug-likeness (QED) is 0.789. The molecule has 1 rings (SSSR count). The van der Waals surface area contributed by atoms with Crippen LogP contribution in [0.3, 0.4) is 0 Å². The van der Waals surface area contributed by atoms with Crippen molar-refractivity contribution in [3.05, 3.63) is 29.8 Å². The van der Waals surface area contributed by atoms with Gasteiger partial charge in [0.2, 0.25) is 0 Å². The van der Waals surface area contributed by atoms with Crippen LogP contribution in [0.4, 0.5) is 0 Å². The van der Waals surface area contributed by atoms with Gasteiger partial charge in [-0.15, -0.1) is 0 Å². The number of rotatable bonds is 7. The molecule has 0 bridgehead atoms. The van der Waals surface area contributed by atoms with E-state index >= 15 is 0 Å². The van der Waals surface area contributed by atoms with Crippen molar-refractivity contribution in [2.24, 2.45) is 5.92 Å². The first-order valence-corrected chi connectivity index (χ1v) is 5.61. The average molecular weight is 238 g/mol. The molecule has 1 unspecified atom stereocenters. The predicted molar refractivity (Wildman–Crippen MR) is 64.3 cm³/mol. The summed E-state index contributed by atoms with van der Waals surface area (Å²) in [4.78, 5) is 11.0. The number of ether oxygens (including phenoxy) is 2. The molecule has 0 aromatic heterocycles.